The van der Waals surface area contributed by atoms with Gasteiger partial charge in [-0.3, -0.25) is 9.78 Å². The maximum atomic E-state index is 12.2. The number of ether oxygens (including phenoxy) is 2. The number of amides is 1. The summed E-state index contributed by atoms with van der Waals surface area (Å²) < 4.78 is 16.7. The number of nitrogens with one attached hydrogen (secondary N) is 1. The van der Waals surface area contributed by atoms with E-state index in [1.165, 1.54) is 0 Å². The van der Waals surface area contributed by atoms with Gasteiger partial charge in [0.15, 0.2) is 18.1 Å². The monoisotopic (exact) mass is 378 g/mol. The number of para-hydroxylation sites is 1. The lowest BCUT2D eigenvalue weighted by atomic mass is 10.0. The van der Waals surface area contributed by atoms with Crippen LogP contribution >= 0.6 is 0 Å². The Bertz CT molecular complexity index is 963. The molecule has 0 bridgehead atoms. The molecule has 0 radical (unpaired) electrons. The Balaban J connectivity index is 1.30. The van der Waals surface area contributed by atoms with E-state index in [2.05, 4.69) is 10.3 Å². The van der Waals surface area contributed by atoms with Gasteiger partial charge < -0.3 is 19.2 Å². The lowest BCUT2D eigenvalue weighted by Crippen LogP contribution is -2.28. The van der Waals surface area contributed by atoms with Crippen LogP contribution in [0.25, 0.3) is 11.3 Å². The van der Waals surface area contributed by atoms with Crippen molar-refractivity contribution < 1.29 is 18.7 Å². The number of carbonyl (C=O) groups excluding carboxylic acids is 1. The van der Waals surface area contributed by atoms with E-state index in [4.69, 9.17) is 13.9 Å². The zero-order valence-corrected chi connectivity index (χ0v) is 15.9. The van der Waals surface area contributed by atoms with Gasteiger partial charge in [0.05, 0.1) is 18.2 Å². The molecule has 1 amide bonds. The van der Waals surface area contributed by atoms with E-state index >= 15 is 0 Å². The topological polar surface area (TPSA) is 73.6 Å². The van der Waals surface area contributed by atoms with Crippen LogP contribution in [0.2, 0.25) is 0 Å². The standard InChI is InChI=1S/C22H22N2O4/c1-22(2)10-16-4-3-5-19(21(16)28-22)27-14-20(25)24-12-15-6-7-18(23-11-15)17-8-9-26-13-17/h3-9,11,13H,10,12,14H2,1-2H3,(H,24,25). The molecule has 0 atom stereocenters. The summed E-state index contributed by atoms with van der Waals surface area (Å²) in [7, 11) is 0. The first-order valence-corrected chi connectivity index (χ1v) is 9.18. The molecule has 0 saturated carbocycles. The minimum atomic E-state index is -0.250. The predicted molar refractivity (Wildman–Crippen MR) is 104 cm³/mol. The summed E-state index contributed by atoms with van der Waals surface area (Å²) in [6, 6.07) is 11.4. The molecule has 28 heavy (non-hydrogen) atoms. The summed E-state index contributed by atoms with van der Waals surface area (Å²) in [5, 5.41) is 2.84. The SMILES string of the molecule is CC1(C)Cc2cccc(OCC(=O)NCc3ccc(-c4ccoc4)nc3)c2O1. The fourth-order valence-corrected chi connectivity index (χ4v) is 3.21. The summed E-state index contributed by atoms with van der Waals surface area (Å²) >= 11 is 0. The molecule has 3 heterocycles. The Morgan fingerprint density at radius 2 is 2.14 bits per heavy atom. The Morgan fingerprint density at radius 1 is 1.25 bits per heavy atom. The predicted octanol–water partition coefficient (Wildman–Crippen LogP) is 3.75. The van der Waals surface area contributed by atoms with Crippen LogP contribution in [0.4, 0.5) is 0 Å². The third kappa shape index (κ3) is 4.01. The largest absolute Gasteiger partial charge is 0.483 e. The highest BCUT2D eigenvalue weighted by atomic mass is 16.5. The fourth-order valence-electron chi connectivity index (χ4n) is 3.21. The number of hydrogen-bond donors (Lipinski definition) is 1. The van der Waals surface area contributed by atoms with Crippen LogP contribution in [-0.4, -0.2) is 23.1 Å². The van der Waals surface area contributed by atoms with E-state index in [-0.39, 0.29) is 18.1 Å². The van der Waals surface area contributed by atoms with Crippen LogP contribution in [0.1, 0.15) is 25.0 Å². The van der Waals surface area contributed by atoms with Gasteiger partial charge in [0.2, 0.25) is 0 Å². The first kappa shape index (κ1) is 18.1. The summed E-state index contributed by atoms with van der Waals surface area (Å²) in [6.07, 6.45) is 5.82. The Kier molecular flexibility index (Phi) is 4.77. The van der Waals surface area contributed by atoms with E-state index in [0.29, 0.717) is 12.3 Å². The number of rotatable bonds is 6. The van der Waals surface area contributed by atoms with Crippen molar-refractivity contribution in [3.8, 4) is 22.8 Å². The molecule has 2 aromatic heterocycles. The summed E-state index contributed by atoms with van der Waals surface area (Å²) in [4.78, 5) is 16.5. The second-order valence-electron chi connectivity index (χ2n) is 7.41. The van der Waals surface area contributed by atoms with E-state index in [9.17, 15) is 4.79 Å². The van der Waals surface area contributed by atoms with Gasteiger partial charge in [0, 0.05) is 30.3 Å². The quantitative estimate of drug-likeness (QED) is 0.707. The van der Waals surface area contributed by atoms with Gasteiger partial charge in [-0.2, -0.15) is 0 Å². The lowest BCUT2D eigenvalue weighted by Gasteiger charge is -2.18. The van der Waals surface area contributed by atoms with Gasteiger partial charge in [-0.05, 0) is 37.6 Å². The zero-order chi connectivity index (χ0) is 19.6. The second-order valence-corrected chi connectivity index (χ2v) is 7.41. The highest BCUT2D eigenvalue weighted by Crippen LogP contribution is 2.41. The number of hydrogen-bond acceptors (Lipinski definition) is 5. The van der Waals surface area contributed by atoms with Crippen molar-refractivity contribution in [2.75, 3.05) is 6.61 Å². The normalized spacial score (nSPS) is 14.2. The van der Waals surface area contributed by atoms with Crippen molar-refractivity contribution in [1.82, 2.24) is 10.3 Å². The molecular weight excluding hydrogens is 356 g/mol. The highest BCUT2D eigenvalue weighted by molar-refractivity contribution is 5.77. The molecule has 0 unspecified atom stereocenters. The molecule has 1 aliphatic heterocycles. The minimum absolute atomic E-state index is 0.0687. The molecule has 0 saturated heterocycles. The van der Waals surface area contributed by atoms with Crippen molar-refractivity contribution in [2.24, 2.45) is 0 Å². The molecule has 3 aromatic rings. The van der Waals surface area contributed by atoms with E-state index < -0.39 is 0 Å². The summed E-state index contributed by atoms with van der Waals surface area (Å²) in [5.74, 6) is 1.14. The number of furan rings is 1. The van der Waals surface area contributed by atoms with Crippen molar-refractivity contribution in [3.63, 3.8) is 0 Å². The Morgan fingerprint density at radius 3 is 2.89 bits per heavy atom. The summed E-state index contributed by atoms with van der Waals surface area (Å²) in [6.45, 7) is 4.39. The molecule has 1 N–H and O–H groups in total. The number of fused-ring (bicyclic) bond motifs is 1. The van der Waals surface area contributed by atoms with Crippen LogP contribution in [0, 0.1) is 0 Å². The maximum absolute atomic E-state index is 12.2. The minimum Gasteiger partial charge on any atom is -0.483 e. The van der Waals surface area contributed by atoms with Crippen molar-refractivity contribution in [3.05, 3.63) is 66.2 Å². The zero-order valence-electron chi connectivity index (χ0n) is 15.9. The Hall–Kier alpha value is -3.28. The number of benzene rings is 1. The van der Waals surface area contributed by atoms with Crippen molar-refractivity contribution >= 4 is 5.91 Å². The fraction of sp³-hybridized carbons (Fsp3) is 0.273. The van der Waals surface area contributed by atoms with Crippen molar-refractivity contribution in [1.29, 1.82) is 0 Å². The second kappa shape index (κ2) is 7.38. The molecular formula is C22H22N2O4. The molecule has 4 rings (SSSR count). The maximum Gasteiger partial charge on any atom is 0.258 e. The number of aromatic nitrogens is 1. The van der Waals surface area contributed by atoms with Gasteiger partial charge in [-0.15, -0.1) is 0 Å². The molecule has 6 nitrogen and oxygen atoms in total. The Labute approximate surface area is 163 Å². The average Bonchev–Trinajstić information content (AvgIpc) is 3.31. The van der Waals surface area contributed by atoms with Gasteiger partial charge in [-0.1, -0.05) is 18.2 Å². The average molecular weight is 378 g/mol. The molecule has 6 heteroatoms. The van der Waals surface area contributed by atoms with Gasteiger partial charge in [0.1, 0.15) is 5.60 Å². The smallest absolute Gasteiger partial charge is 0.258 e. The molecule has 0 spiro atoms. The number of pyridine rings is 1. The number of nitrogens with zero attached hydrogens (tertiary/aromatic N) is 1. The third-order valence-corrected chi connectivity index (χ3v) is 4.55. The van der Waals surface area contributed by atoms with Gasteiger partial charge in [0.25, 0.3) is 5.91 Å². The van der Waals surface area contributed by atoms with Crippen molar-refractivity contribution in [2.45, 2.75) is 32.4 Å². The van der Waals surface area contributed by atoms with Crippen LogP contribution in [0.3, 0.4) is 0 Å². The molecule has 0 aliphatic carbocycles. The lowest BCUT2D eigenvalue weighted by molar-refractivity contribution is -0.123. The van der Waals surface area contributed by atoms with E-state index in [0.717, 1.165) is 34.6 Å². The first-order chi connectivity index (χ1) is 13.5. The van der Waals surface area contributed by atoms with Gasteiger partial charge in [-0.25, -0.2) is 0 Å². The molecule has 1 aromatic carbocycles. The van der Waals surface area contributed by atoms with Crippen LogP contribution in [0.15, 0.2) is 59.5 Å². The molecule has 1 aliphatic rings. The molecule has 0 fully saturated rings. The van der Waals surface area contributed by atoms with E-state index in [1.807, 2.05) is 50.2 Å². The van der Waals surface area contributed by atoms with Gasteiger partial charge >= 0.3 is 0 Å². The highest BCUT2D eigenvalue weighted by Gasteiger charge is 2.32. The summed E-state index contributed by atoms with van der Waals surface area (Å²) in [5.41, 5.74) is 3.51. The van der Waals surface area contributed by atoms with Crippen LogP contribution in [-0.2, 0) is 17.8 Å². The third-order valence-electron chi connectivity index (χ3n) is 4.55. The van der Waals surface area contributed by atoms with Crippen LogP contribution < -0.4 is 14.8 Å². The molecule has 144 valence electrons. The van der Waals surface area contributed by atoms with Crippen LogP contribution in [0.5, 0.6) is 11.5 Å². The first-order valence-electron chi connectivity index (χ1n) is 9.18. The number of carbonyl (C=O) groups is 1. The van der Waals surface area contributed by atoms with E-state index in [1.54, 1.807) is 18.7 Å².